The topological polar surface area (TPSA) is 58.6 Å². The predicted octanol–water partition coefficient (Wildman–Crippen LogP) is 4.14. The third kappa shape index (κ3) is 4.33. The van der Waals surface area contributed by atoms with Gasteiger partial charge < -0.3 is 15.0 Å². The van der Waals surface area contributed by atoms with Crippen LogP contribution >= 0.6 is 11.8 Å². The molecule has 2 aromatic rings. The Morgan fingerprint density at radius 2 is 1.71 bits per heavy atom. The molecule has 0 saturated heterocycles. The minimum Gasteiger partial charge on any atom is -0.456 e. The summed E-state index contributed by atoms with van der Waals surface area (Å²) in [5, 5.41) is 2.90. The maximum Gasteiger partial charge on any atom is 0.308 e. The molecule has 2 aromatic carbocycles. The number of hydrogen-bond donors (Lipinski definition) is 1. The molecule has 5 nitrogen and oxygen atoms in total. The van der Waals surface area contributed by atoms with Crippen molar-refractivity contribution in [3.8, 4) is 0 Å². The molecule has 1 unspecified atom stereocenters. The number of benzene rings is 2. The summed E-state index contributed by atoms with van der Waals surface area (Å²) in [7, 11) is 0. The van der Waals surface area contributed by atoms with Gasteiger partial charge >= 0.3 is 5.97 Å². The van der Waals surface area contributed by atoms with Gasteiger partial charge in [0, 0.05) is 22.4 Å². The lowest BCUT2D eigenvalue weighted by atomic mass is 10.2. The molecular formula is C22H24N2O3S. The van der Waals surface area contributed by atoms with Gasteiger partial charge in [-0.05, 0) is 49.9 Å². The summed E-state index contributed by atoms with van der Waals surface area (Å²) >= 11 is 1.74. The van der Waals surface area contributed by atoms with Crippen molar-refractivity contribution in [2.24, 2.45) is 5.92 Å². The van der Waals surface area contributed by atoms with Crippen LogP contribution in [0.3, 0.4) is 0 Å². The fourth-order valence-electron chi connectivity index (χ4n) is 3.45. The largest absolute Gasteiger partial charge is 0.456 e. The van der Waals surface area contributed by atoms with Crippen LogP contribution in [0, 0.1) is 5.92 Å². The first kappa shape index (κ1) is 18.9. The summed E-state index contributed by atoms with van der Waals surface area (Å²) in [6.45, 7) is 2.30. The quantitative estimate of drug-likeness (QED) is 0.713. The van der Waals surface area contributed by atoms with Crippen molar-refractivity contribution >= 4 is 35.0 Å². The van der Waals surface area contributed by atoms with Crippen molar-refractivity contribution < 1.29 is 14.3 Å². The molecule has 1 aliphatic carbocycles. The van der Waals surface area contributed by atoms with Crippen molar-refractivity contribution in [2.75, 3.05) is 18.1 Å². The maximum atomic E-state index is 12.2. The van der Waals surface area contributed by atoms with Crippen LogP contribution in [0.4, 0.5) is 11.4 Å². The van der Waals surface area contributed by atoms with Gasteiger partial charge in [0.15, 0.2) is 6.61 Å². The number of nitrogens with one attached hydrogen (secondary N) is 1. The molecule has 1 fully saturated rings. The average molecular weight is 397 g/mol. The van der Waals surface area contributed by atoms with Crippen LogP contribution < -0.4 is 10.2 Å². The van der Waals surface area contributed by atoms with Gasteiger partial charge in [0.25, 0.3) is 5.91 Å². The predicted molar refractivity (Wildman–Crippen MR) is 110 cm³/mol. The number of para-hydroxylation sites is 2. The van der Waals surface area contributed by atoms with Crippen LogP contribution in [0.5, 0.6) is 0 Å². The van der Waals surface area contributed by atoms with Crippen molar-refractivity contribution in [2.45, 2.75) is 42.0 Å². The number of fused-ring (bicyclic) bond motifs is 2. The van der Waals surface area contributed by atoms with Crippen molar-refractivity contribution in [3.63, 3.8) is 0 Å². The SMILES string of the molecule is CC(NC(=O)COC(=O)CCN1c2ccccc2Sc2ccccc21)C1CC1. The van der Waals surface area contributed by atoms with E-state index in [1.165, 1.54) is 9.79 Å². The van der Waals surface area contributed by atoms with E-state index in [0.717, 1.165) is 24.2 Å². The molecular weight excluding hydrogens is 372 g/mol. The van der Waals surface area contributed by atoms with Gasteiger partial charge in [0.2, 0.25) is 0 Å². The smallest absolute Gasteiger partial charge is 0.308 e. The number of esters is 1. The number of rotatable bonds is 7. The second-order valence-corrected chi connectivity index (χ2v) is 8.38. The number of ether oxygens (including phenoxy) is 1. The second kappa shape index (κ2) is 8.27. The molecule has 28 heavy (non-hydrogen) atoms. The van der Waals surface area contributed by atoms with Crippen LogP contribution in [0.15, 0.2) is 58.3 Å². The normalized spacial score (nSPS) is 16.0. The first-order chi connectivity index (χ1) is 13.6. The summed E-state index contributed by atoms with van der Waals surface area (Å²) < 4.78 is 5.19. The zero-order valence-electron chi connectivity index (χ0n) is 15.9. The van der Waals surface area contributed by atoms with E-state index < -0.39 is 0 Å². The zero-order valence-corrected chi connectivity index (χ0v) is 16.7. The Morgan fingerprint density at radius 3 is 2.32 bits per heavy atom. The summed E-state index contributed by atoms with van der Waals surface area (Å²) in [4.78, 5) is 28.6. The number of carbonyl (C=O) groups excluding carboxylic acids is 2. The van der Waals surface area contributed by atoms with Gasteiger partial charge in [-0.2, -0.15) is 0 Å². The number of carbonyl (C=O) groups is 2. The highest BCUT2D eigenvalue weighted by atomic mass is 32.2. The molecule has 4 rings (SSSR count). The second-order valence-electron chi connectivity index (χ2n) is 7.29. The summed E-state index contributed by atoms with van der Waals surface area (Å²) in [5.74, 6) is -0.00279. The Hall–Kier alpha value is -2.47. The Kier molecular flexibility index (Phi) is 5.57. The third-order valence-electron chi connectivity index (χ3n) is 5.15. The van der Waals surface area contributed by atoms with E-state index in [0.29, 0.717) is 12.5 Å². The molecule has 0 aromatic heterocycles. The van der Waals surface area contributed by atoms with E-state index >= 15 is 0 Å². The van der Waals surface area contributed by atoms with Gasteiger partial charge in [-0.15, -0.1) is 0 Å². The van der Waals surface area contributed by atoms with Crippen molar-refractivity contribution in [3.05, 3.63) is 48.5 Å². The fraction of sp³-hybridized carbons (Fsp3) is 0.364. The molecule has 1 saturated carbocycles. The lowest BCUT2D eigenvalue weighted by Gasteiger charge is -2.32. The summed E-state index contributed by atoms with van der Waals surface area (Å²) in [5.41, 5.74) is 2.19. The Morgan fingerprint density at radius 1 is 1.11 bits per heavy atom. The molecule has 2 aliphatic rings. The highest BCUT2D eigenvalue weighted by molar-refractivity contribution is 7.99. The standard InChI is InChI=1S/C22H24N2O3S/c1-15(16-10-11-16)23-21(25)14-27-22(26)12-13-24-17-6-2-4-8-19(17)28-20-9-5-3-7-18(20)24/h2-9,15-16H,10-14H2,1H3,(H,23,25). The van der Waals surface area contributed by atoms with Crippen LogP contribution in [0.25, 0.3) is 0 Å². The maximum absolute atomic E-state index is 12.2. The third-order valence-corrected chi connectivity index (χ3v) is 6.28. The zero-order chi connectivity index (χ0) is 19.5. The van der Waals surface area contributed by atoms with E-state index in [4.69, 9.17) is 4.74 Å². The lowest BCUT2D eigenvalue weighted by molar-refractivity contribution is -0.148. The number of hydrogen-bond acceptors (Lipinski definition) is 5. The van der Waals surface area contributed by atoms with E-state index in [1.807, 2.05) is 31.2 Å². The first-order valence-electron chi connectivity index (χ1n) is 9.70. The van der Waals surface area contributed by atoms with Gasteiger partial charge in [-0.1, -0.05) is 36.0 Å². The highest BCUT2D eigenvalue weighted by Gasteiger charge is 2.29. The van der Waals surface area contributed by atoms with Gasteiger partial charge in [0.05, 0.1) is 17.8 Å². The highest BCUT2D eigenvalue weighted by Crippen LogP contribution is 2.47. The minimum absolute atomic E-state index is 0.157. The van der Waals surface area contributed by atoms with Crippen molar-refractivity contribution in [1.82, 2.24) is 5.32 Å². The van der Waals surface area contributed by atoms with Gasteiger partial charge in [-0.25, -0.2) is 0 Å². The van der Waals surface area contributed by atoms with Crippen LogP contribution in [-0.2, 0) is 14.3 Å². The molecule has 1 atom stereocenters. The molecule has 1 aliphatic heterocycles. The summed E-state index contributed by atoms with van der Waals surface area (Å²) in [6.07, 6.45) is 2.55. The molecule has 0 radical (unpaired) electrons. The van der Waals surface area contributed by atoms with E-state index in [-0.39, 0.29) is 30.9 Å². The Bertz CT molecular complexity index is 836. The van der Waals surface area contributed by atoms with Gasteiger partial charge in [0.1, 0.15) is 0 Å². The van der Waals surface area contributed by atoms with E-state index in [1.54, 1.807) is 11.8 Å². The van der Waals surface area contributed by atoms with Crippen molar-refractivity contribution in [1.29, 1.82) is 0 Å². The molecule has 0 spiro atoms. The Labute approximate surface area is 169 Å². The van der Waals surface area contributed by atoms with Crippen LogP contribution in [-0.4, -0.2) is 31.1 Å². The lowest BCUT2D eigenvalue weighted by Crippen LogP contribution is -2.37. The molecule has 1 amide bonds. The molecule has 6 heteroatoms. The number of anilines is 2. The van der Waals surface area contributed by atoms with Crippen LogP contribution in [0.2, 0.25) is 0 Å². The van der Waals surface area contributed by atoms with E-state index in [9.17, 15) is 9.59 Å². The van der Waals surface area contributed by atoms with Gasteiger partial charge in [-0.3, -0.25) is 9.59 Å². The van der Waals surface area contributed by atoms with E-state index in [2.05, 4.69) is 34.5 Å². The first-order valence-corrected chi connectivity index (χ1v) is 10.5. The number of nitrogens with zero attached hydrogens (tertiary/aromatic N) is 1. The molecule has 146 valence electrons. The fourth-order valence-corrected chi connectivity index (χ4v) is 4.55. The van der Waals surface area contributed by atoms with Crippen LogP contribution in [0.1, 0.15) is 26.2 Å². The number of amides is 1. The molecule has 0 bridgehead atoms. The minimum atomic E-state index is -0.359. The monoisotopic (exact) mass is 396 g/mol. The summed E-state index contributed by atoms with van der Waals surface area (Å²) in [6, 6.07) is 16.5. The Balaban J connectivity index is 1.34. The molecule has 1 heterocycles. The molecule has 1 N–H and O–H groups in total. The average Bonchev–Trinajstić information content (AvgIpc) is 3.55.